The monoisotopic (exact) mass is 186 g/mol. The predicted molar refractivity (Wildman–Crippen MR) is 27.7 cm³/mol. The van der Waals surface area contributed by atoms with E-state index < -0.39 is 12.1 Å². The van der Waals surface area contributed by atoms with Crippen LogP contribution < -0.4 is 0 Å². The first-order valence-corrected chi connectivity index (χ1v) is 2.38. The Morgan fingerprint density at radius 2 is 1.25 bits per heavy atom. The van der Waals surface area contributed by atoms with Crippen LogP contribution in [0.1, 0.15) is 0 Å². The zero-order chi connectivity index (χ0) is 9.83. The van der Waals surface area contributed by atoms with E-state index >= 15 is 0 Å². The summed E-state index contributed by atoms with van der Waals surface area (Å²) >= 11 is 0. The predicted octanol–water partition coefficient (Wildman–Crippen LogP) is 2.12. The van der Waals surface area contributed by atoms with Crippen molar-refractivity contribution in [2.75, 3.05) is 0 Å². The van der Waals surface area contributed by atoms with Crippen molar-refractivity contribution in [2.24, 2.45) is 0 Å². The van der Waals surface area contributed by atoms with Crippen LogP contribution >= 0.6 is 0 Å². The van der Waals surface area contributed by atoms with E-state index in [9.17, 15) is 26.3 Å². The lowest BCUT2D eigenvalue weighted by atomic mass is 10.3. The SMILES string of the molecule is FC#CC(F)(F)C#CC(F)(F)F. The van der Waals surface area contributed by atoms with Gasteiger partial charge >= 0.3 is 12.1 Å². The highest BCUT2D eigenvalue weighted by atomic mass is 19.4. The van der Waals surface area contributed by atoms with Crippen LogP contribution in [0.5, 0.6) is 0 Å². The summed E-state index contributed by atoms with van der Waals surface area (Å²) in [5.74, 6) is -2.93. The van der Waals surface area contributed by atoms with Gasteiger partial charge in [0.05, 0.1) is 0 Å². The second-order valence-corrected chi connectivity index (χ2v) is 1.54. The molecule has 0 aliphatic heterocycles. The van der Waals surface area contributed by atoms with Crippen molar-refractivity contribution in [1.82, 2.24) is 0 Å². The molecular formula is C6F6. The molecule has 0 aromatic rings. The highest BCUT2D eigenvalue weighted by molar-refractivity contribution is 5.24. The fourth-order valence-electron chi connectivity index (χ4n) is 0.240. The van der Waals surface area contributed by atoms with Crippen molar-refractivity contribution in [3.05, 3.63) is 0 Å². The number of halogens is 6. The highest BCUT2D eigenvalue weighted by Crippen LogP contribution is 2.15. The Balaban J connectivity index is 4.57. The first-order valence-electron chi connectivity index (χ1n) is 2.38. The summed E-state index contributed by atoms with van der Waals surface area (Å²) in [5.41, 5.74) is 0. The van der Waals surface area contributed by atoms with Gasteiger partial charge in [0.15, 0.2) is 0 Å². The fourth-order valence-corrected chi connectivity index (χ4v) is 0.240. The van der Waals surface area contributed by atoms with Crippen molar-refractivity contribution < 1.29 is 26.3 Å². The third kappa shape index (κ3) is 5.48. The summed E-state index contributed by atoms with van der Waals surface area (Å²) in [6, 6.07) is 0. The van der Waals surface area contributed by atoms with Crippen LogP contribution in [0.15, 0.2) is 0 Å². The van der Waals surface area contributed by atoms with E-state index in [0.717, 1.165) is 0 Å². The van der Waals surface area contributed by atoms with E-state index in [4.69, 9.17) is 0 Å². The molecule has 0 aromatic carbocycles. The van der Waals surface area contributed by atoms with E-state index in [2.05, 4.69) is 0 Å². The molecule has 0 N–H and O–H groups in total. The molecule has 0 saturated carbocycles. The Hall–Kier alpha value is -1.30. The zero-order valence-electron chi connectivity index (χ0n) is 5.27. The molecule has 66 valence electrons. The van der Waals surface area contributed by atoms with Gasteiger partial charge in [0.2, 0.25) is 0 Å². The molecule has 0 aliphatic carbocycles. The van der Waals surface area contributed by atoms with Crippen molar-refractivity contribution in [3.63, 3.8) is 0 Å². The van der Waals surface area contributed by atoms with Crippen LogP contribution in [0.3, 0.4) is 0 Å². The fraction of sp³-hybridized carbons (Fsp3) is 0.333. The Morgan fingerprint density at radius 1 is 0.750 bits per heavy atom. The average Bonchev–Trinajstić information content (AvgIpc) is 1.83. The summed E-state index contributed by atoms with van der Waals surface area (Å²) in [7, 11) is 0. The second kappa shape index (κ2) is 3.40. The maximum absolute atomic E-state index is 11.9. The number of alkyl halides is 5. The topological polar surface area (TPSA) is 0 Å². The summed E-state index contributed by atoms with van der Waals surface area (Å²) in [6.07, 6.45) is -4.75. The Kier molecular flexibility index (Phi) is 3.03. The van der Waals surface area contributed by atoms with Gasteiger partial charge in [-0.2, -0.15) is 22.0 Å². The van der Waals surface area contributed by atoms with Gasteiger partial charge in [0, 0.05) is 11.8 Å². The second-order valence-electron chi connectivity index (χ2n) is 1.54. The Labute approximate surface area is 63.6 Å². The Bertz CT molecular complexity index is 264. The van der Waals surface area contributed by atoms with Crippen LogP contribution in [-0.2, 0) is 0 Å². The van der Waals surface area contributed by atoms with E-state index in [1.807, 2.05) is 0 Å². The zero-order valence-corrected chi connectivity index (χ0v) is 5.27. The molecule has 0 saturated heterocycles. The van der Waals surface area contributed by atoms with Gasteiger partial charge in [0.25, 0.3) is 0 Å². The van der Waals surface area contributed by atoms with Crippen LogP contribution in [0, 0.1) is 23.9 Å². The first-order chi connectivity index (χ1) is 5.27. The van der Waals surface area contributed by atoms with Crippen LogP contribution in [0.2, 0.25) is 0 Å². The van der Waals surface area contributed by atoms with Crippen molar-refractivity contribution in [2.45, 2.75) is 12.1 Å². The van der Waals surface area contributed by atoms with Gasteiger partial charge in [-0.05, 0) is 5.92 Å². The third-order valence-electron chi connectivity index (χ3n) is 0.565. The molecule has 0 aliphatic rings. The largest absolute Gasteiger partial charge is 0.457 e. The smallest absolute Gasteiger partial charge is 0.178 e. The molecule has 0 radical (unpaired) electrons. The van der Waals surface area contributed by atoms with Crippen LogP contribution in [0.4, 0.5) is 26.3 Å². The summed E-state index contributed by atoms with van der Waals surface area (Å²) in [4.78, 5) is 0. The first kappa shape index (κ1) is 10.7. The summed E-state index contributed by atoms with van der Waals surface area (Å²) in [6.45, 7) is 0. The van der Waals surface area contributed by atoms with Gasteiger partial charge < -0.3 is 0 Å². The van der Waals surface area contributed by atoms with Crippen LogP contribution in [0.25, 0.3) is 0 Å². The van der Waals surface area contributed by atoms with Gasteiger partial charge in [-0.1, -0.05) is 0 Å². The lowest BCUT2D eigenvalue weighted by molar-refractivity contribution is -0.0703. The number of rotatable bonds is 0. The molecule has 0 unspecified atom stereocenters. The standard InChI is InChI=1S/C6F6/c7-4-3-5(8,9)1-2-6(10,11)12. The van der Waals surface area contributed by atoms with Gasteiger partial charge in [-0.25, -0.2) is 0 Å². The lowest BCUT2D eigenvalue weighted by Gasteiger charge is -1.97. The molecule has 0 spiro atoms. The van der Waals surface area contributed by atoms with Gasteiger partial charge in [-0.3, -0.25) is 0 Å². The minimum Gasteiger partial charge on any atom is -0.178 e. The van der Waals surface area contributed by atoms with Crippen molar-refractivity contribution in [3.8, 4) is 23.9 Å². The molecule has 0 rings (SSSR count). The molecule has 12 heavy (non-hydrogen) atoms. The van der Waals surface area contributed by atoms with Crippen molar-refractivity contribution >= 4 is 0 Å². The molecule has 0 nitrogen and oxygen atoms in total. The molecule has 0 bridgehead atoms. The highest BCUT2D eigenvalue weighted by Gasteiger charge is 2.28. The minimum atomic E-state index is -5.03. The van der Waals surface area contributed by atoms with Gasteiger partial charge in [-0.15, -0.1) is 4.39 Å². The number of hydrogen-bond donors (Lipinski definition) is 0. The van der Waals surface area contributed by atoms with Crippen molar-refractivity contribution in [1.29, 1.82) is 0 Å². The molecule has 0 fully saturated rings. The molecule has 6 heteroatoms. The average molecular weight is 186 g/mol. The van der Waals surface area contributed by atoms with E-state index in [-0.39, 0.29) is 12.1 Å². The third-order valence-corrected chi connectivity index (χ3v) is 0.565. The van der Waals surface area contributed by atoms with E-state index in [1.54, 1.807) is 0 Å². The lowest BCUT2D eigenvalue weighted by Crippen LogP contribution is -2.11. The van der Waals surface area contributed by atoms with E-state index in [0.29, 0.717) is 11.8 Å². The maximum Gasteiger partial charge on any atom is 0.457 e. The summed E-state index contributed by atoms with van der Waals surface area (Å²) in [5, 5.41) is 0. The molecular weight excluding hydrogens is 186 g/mol. The van der Waals surface area contributed by atoms with E-state index in [1.165, 1.54) is 0 Å². The minimum absolute atomic E-state index is 0.274. The summed E-state index contributed by atoms with van der Waals surface area (Å²) < 4.78 is 68.2. The normalized spacial score (nSPS) is 10.8. The maximum atomic E-state index is 11.9. The Morgan fingerprint density at radius 3 is 1.58 bits per heavy atom. The molecule has 0 atom stereocenters. The molecule has 0 heterocycles. The number of hydrogen-bond acceptors (Lipinski definition) is 0. The van der Waals surface area contributed by atoms with Crippen LogP contribution in [-0.4, -0.2) is 12.1 Å². The quantitative estimate of drug-likeness (QED) is 0.401. The molecule has 0 aromatic heterocycles. The van der Waals surface area contributed by atoms with Gasteiger partial charge in [0.1, 0.15) is 6.17 Å². The molecule has 0 amide bonds.